The molecule has 0 spiro atoms. The van der Waals surface area contributed by atoms with E-state index in [0.29, 0.717) is 5.75 Å². The van der Waals surface area contributed by atoms with E-state index in [-0.39, 0.29) is 11.4 Å². The number of carbonyl (C=O) groups is 1. The highest BCUT2D eigenvalue weighted by Crippen LogP contribution is 2.16. The molecule has 0 aliphatic rings. The Balaban J connectivity index is 1.95. The Bertz CT molecular complexity index is 847. The van der Waals surface area contributed by atoms with E-state index in [2.05, 4.69) is 4.72 Å². The van der Waals surface area contributed by atoms with Crippen molar-refractivity contribution in [1.29, 1.82) is 0 Å². The van der Waals surface area contributed by atoms with Crippen molar-refractivity contribution >= 4 is 22.1 Å². The van der Waals surface area contributed by atoms with Crippen LogP contribution in [0.25, 0.3) is 6.08 Å². The highest BCUT2D eigenvalue weighted by atomic mass is 32.2. The molecule has 0 fully saturated rings. The Kier molecular flexibility index (Phi) is 6.32. The number of hydrogen-bond donors (Lipinski definition) is 2. The standard InChI is InChI=1S/C18H19NO5S/c1-14(18(20)21)24-16-9-5-7-15(13-16)8-6-12-19-25(22,23)17-10-3-2-4-11-17/h2-11,13-14,19H,12H2,1H3,(H,20,21). The van der Waals surface area contributed by atoms with E-state index >= 15 is 0 Å². The van der Waals surface area contributed by atoms with Crippen LogP contribution in [-0.2, 0) is 14.8 Å². The zero-order valence-corrected chi connectivity index (χ0v) is 14.4. The van der Waals surface area contributed by atoms with Crippen LogP contribution in [0.1, 0.15) is 12.5 Å². The maximum Gasteiger partial charge on any atom is 0.344 e. The summed E-state index contributed by atoms with van der Waals surface area (Å²) in [6, 6.07) is 15.0. The summed E-state index contributed by atoms with van der Waals surface area (Å²) >= 11 is 0. The van der Waals surface area contributed by atoms with Crippen molar-refractivity contribution < 1.29 is 23.1 Å². The van der Waals surface area contributed by atoms with Crippen molar-refractivity contribution in [3.63, 3.8) is 0 Å². The topological polar surface area (TPSA) is 92.7 Å². The fraction of sp³-hybridized carbons (Fsp3) is 0.167. The second kappa shape index (κ2) is 8.46. The number of sulfonamides is 1. The van der Waals surface area contributed by atoms with Crippen LogP contribution in [0.15, 0.2) is 65.6 Å². The second-order valence-corrected chi connectivity index (χ2v) is 7.01. The zero-order valence-electron chi connectivity index (χ0n) is 13.6. The van der Waals surface area contributed by atoms with Crippen LogP contribution in [0, 0.1) is 0 Å². The van der Waals surface area contributed by atoms with Crippen molar-refractivity contribution in [3.05, 3.63) is 66.2 Å². The summed E-state index contributed by atoms with van der Waals surface area (Å²) in [5, 5.41) is 8.85. The van der Waals surface area contributed by atoms with Crippen molar-refractivity contribution in [2.24, 2.45) is 0 Å². The van der Waals surface area contributed by atoms with Crippen LogP contribution < -0.4 is 9.46 Å². The van der Waals surface area contributed by atoms with Gasteiger partial charge in [0, 0.05) is 6.54 Å². The van der Waals surface area contributed by atoms with Gasteiger partial charge in [-0.05, 0) is 36.8 Å². The third-order valence-electron chi connectivity index (χ3n) is 3.27. The number of ether oxygens (including phenoxy) is 1. The Morgan fingerprint density at radius 2 is 1.92 bits per heavy atom. The molecule has 1 unspecified atom stereocenters. The third-order valence-corrected chi connectivity index (χ3v) is 4.71. The average Bonchev–Trinajstić information content (AvgIpc) is 2.60. The first-order valence-electron chi connectivity index (χ1n) is 7.59. The quantitative estimate of drug-likeness (QED) is 0.754. The fourth-order valence-corrected chi connectivity index (χ4v) is 2.98. The summed E-state index contributed by atoms with van der Waals surface area (Å²) in [5.74, 6) is -0.613. The molecule has 2 N–H and O–H groups in total. The van der Waals surface area contributed by atoms with Crippen LogP contribution in [0.4, 0.5) is 0 Å². The lowest BCUT2D eigenvalue weighted by molar-refractivity contribution is -0.144. The zero-order chi connectivity index (χ0) is 18.3. The Labute approximate surface area is 146 Å². The van der Waals surface area contributed by atoms with E-state index in [1.807, 2.05) is 0 Å². The van der Waals surface area contributed by atoms with Gasteiger partial charge in [-0.1, -0.05) is 42.5 Å². The van der Waals surface area contributed by atoms with E-state index in [9.17, 15) is 13.2 Å². The molecule has 6 nitrogen and oxygen atoms in total. The molecule has 0 saturated carbocycles. The number of aliphatic carboxylic acids is 1. The van der Waals surface area contributed by atoms with Crippen molar-refractivity contribution in [2.45, 2.75) is 17.9 Å². The molecular weight excluding hydrogens is 342 g/mol. The monoisotopic (exact) mass is 361 g/mol. The van der Waals surface area contributed by atoms with Gasteiger partial charge >= 0.3 is 5.97 Å². The van der Waals surface area contributed by atoms with Crippen LogP contribution in [0.2, 0.25) is 0 Å². The van der Waals surface area contributed by atoms with E-state index in [0.717, 1.165) is 5.56 Å². The summed E-state index contributed by atoms with van der Waals surface area (Å²) in [7, 11) is -3.54. The number of hydrogen-bond acceptors (Lipinski definition) is 4. The van der Waals surface area contributed by atoms with E-state index in [1.165, 1.54) is 19.1 Å². The van der Waals surface area contributed by atoms with Gasteiger partial charge in [0.2, 0.25) is 10.0 Å². The normalized spacial score (nSPS) is 12.8. The van der Waals surface area contributed by atoms with Gasteiger partial charge in [0.25, 0.3) is 0 Å². The highest BCUT2D eigenvalue weighted by molar-refractivity contribution is 7.89. The second-order valence-electron chi connectivity index (χ2n) is 5.24. The summed E-state index contributed by atoms with van der Waals surface area (Å²) in [5.41, 5.74) is 0.772. The molecule has 25 heavy (non-hydrogen) atoms. The van der Waals surface area contributed by atoms with Gasteiger partial charge in [-0.25, -0.2) is 17.9 Å². The Hall–Kier alpha value is -2.64. The van der Waals surface area contributed by atoms with Gasteiger partial charge in [-0.2, -0.15) is 0 Å². The van der Waals surface area contributed by atoms with Crippen LogP contribution in [0.3, 0.4) is 0 Å². The van der Waals surface area contributed by atoms with Gasteiger partial charge in [0.05, 0.1) is 4.90 Å². The van der Waals surface area contributed by atoms with Crippen LogP contribution in [-0.4, -0.2) is 32.1 Å². The van der Waals surface area contributed by atoms with Crippen molar-refractivity contribution in [3.8, 4) is 5.75 Å². The minimum atomic E-state index is -3.54. The molecule has 0 heterocycles. The summed E-state index contributed by atoms with van der Waals surface area (Å²) < 4.78 is 31.9. The average molecular weight is 361 g/mol. The Morgan fingerprint density at radius 3 is 2.60 bits per heavy atom. The smallest absolute Gasteiger partial charge is 0.344 e. The lowest BCUT2D eigenvalue weighted by Gasteiger charge is -2.10. The van der Waals surface area contributed by atoms with E-state index < -0.39 is 22.1 Å². The molecule has 2 rings (SSSR count). The number of nitrogens with one attached hydrogen (secondary N) is 1. The molecule has 0 aliphatic heterocycles. The van der Waals surface area contributed by atoms with E-state index in [1.54, 1.807) is 54.6 Å². The molecule has 0 bridgehead atoms. The molecule has 0 aromatic heterocycles. The van der Waals surface area contributed by atoms with Crippen LogP contribution in [0.5, 0.6) is 5.75 Å². The van der Waals surface area contributed by atoms with Crippen molar-refractivity contribution in [2.75, 3.05) is 6.54 Å². The molecule has 2 aromatic carbocycles. The molecule has 7 heteroatoms. The number of carboxylic acids is 1. The minimum absolute atomic E-state index is 0.133. The number of benzene rings is 2. The van der Waals surface area contributed by atoms with Gasteiger partial charge in [-0.3, -0.25) is 0 Å². The molecule has 0 saturated heterocycles. The maximum atomic E-state index is 12.1. The fourth-order valence-electron chi connectivity index (χ4n) is 1.98. The van der Waals surface area contributed by atoms with Crippen LogP contribution >= 0.6 is 0 Å². The molecule has 2 aromatic rings. The lowest BCUT2D eigenvalue weighted by Crippen LogP contribution is -2.23. The number of carboxylic acid groups (broad SMARTS) is 1. The minimum Gasteiger partial charge on any atom is -0.479 e. The molecule has 132 valence electrons. The highest BCUT2D eigenvalue weighted by Gasteiger charge is 2.12. The Morgan fingerprint density at radius 1 is 1.20 bits per heavy atom. The molecule has 0 amide bonds. The molecular formula is C18H19NO5S. The molecule has 1 atom stereocenters. The first kappa shape index (κ1) is 18.7. The third kappa shape index (κ3) is 5.74. The maximum absolute atomic E-state index is 12.1. The van der Waals surface area contributed by atoms with Gasteiger partial charge < -0.3 is 9.84 Å². The van der Waals surface area contributed by atoms with Crippen molar-refractivity contribution in [1.82, 2.24) is 4.72 Å². The summed E-state index contributed by atoms with van der Waals surface area (Å²) in [6.45, 7) is 1.58. The van der Waals surface area contributed by atoms with Gasteiger partial charge in [0.15, 0.2) is 6.10 Å². The molecule has 0 aliphatic carbocycles. The number of rotatable bonds is 8. The van der Waals surface area contributed by atoms with E-state index in [4.69, 9.17) is 9.84 Å². The largest absolute Gasteiger partial charge is 0.479 e. The predicted octanol–water partition coefficient (Wildman–Crippen LogP) is 2.53. The summed E-state index contributed by atoms with van der Waals surface area (Å²) in [4.78, 5) is 11.0. The first-order chi connectivity index (χ1) is 11.9. The van der Waals surface area contributed by atoms with Gasteiger partial charge in [-0.15, -0.1) is 0 Å². The lowest BCUT2D eigenvalue weighted by atomic mass is 10.2. The summed E-state index contributed by atoms with van der Waals surface area (Å²) in [6.07, 6.45) is 2.45. The van der Waals surface area contributed by atoms with Gasteiger partial charge in [0.1, 0.15) is 5.75 Å². The SMILES string of the molecule is CC(Oc1cccc(C=CCNS(=O)(=O)c2ccccc2)c1)C(=O)O. The first-order valence-corrected chi connectivity index (χ1v) is 9.07. The molecule has 0 radical (unpaired) electrons. The predicted molar refractivity (Wildman–Crippen MR) is 94.8 cm³/mol.